The Morgan fingerprint density at radius 2 is 1.68 bits per heavy atom. The number of anilines is 1. The molecule has 3 amide bonds. The number of urea groups is 1. The first-order valence-electron chi connectivity index (χ1n) is 8.84. The molecule has 0 saturated carbocycles. The molecule has 1 unspecified atom stereocenters. The van der Waals surface area contributed by atoms with Crippen molar-refractivity contribution in [3.8, 4) is 5.75 Å². The maximum atomic E-state index is 13.4. The molecule has 1 aromatic carbocycles. The summed E-state index contributed by atoms with van der Waals surface area (Å²) in [6.07, 6.45) is -5.13. The van der Waals surface area contributed by atoms with Crippen LogP contribution < -0.4 is 9.64 Å². The molecule has 162 valence electrons. The first-order valence-corrected chi connectivity index (χ1v) is 9.60. The lowest BCUT2D eigenvalue weighted by molar-refractivity contribution is -0.274. The van der Waals surface area contributed by atoms with Crippen LogP contribution in [0.1, 0.15) is 12.0 Å². The van der Waals surface area contributed by atoms with Crippen LogP contribution in [0.3, 0.4) is 0 Å². The van der Waals surface area contributed by atoms with Crippen molar-refractivity contribution in [1.29, 1.82) is 0 Å². The second kappa shape index (κ2) is 7.38. The van der Waals surface area contributed by atoms with Gasteiger partial charge in [-0.1, -0.05) is 35.3 Å². The van der Waals surface area contributed by atoms with E-state index in [2.05, 4.69) is 9.72 Å². The summed E-state index contributed by atoms with van der Waals surface area (Å²) in [5.41, 5.74) is -0.943. The Balaban J connectivity index is 1.67. The molecule has 0 N–H and O–H groups in total. The van der Waals surface area contributed by atoms with Gasteiger partial charge in [-0.15, -0.1) is 13.2 Å². The van der Waals surface area contributed by atoms with E-state index in [1.807, 2.05) is 0 Å². The molecular weight excluding hydrogens is 462 g/mol. The summed E-state index contributed by atoms with van der Waals surface area (Å²) in [6, 6.07) is 6.76. The molecular formula is C19H12Cl2F3N3O4. The number of pyridine rings is 1. The van der Waals surface area contributed by atoms with Gasteiger partial charge in [-0.25, -0.2) is 14.7 Å². The fraction of sp³-hybridized carbons (Fsp3) is 0.263. The number of imide groups is 1. The summed E-state index contributed by atoms with van der Waals surface area (Å²) >= 11 is 11.8. The Morgan fingerprint density at radius 1 is 1.06 bits per heavy atom. The molecule has 2 aliphatic rings. The van der Waals surface area contributed by atoms with E-state index in [0.717, 1.165) is 17.0 Å². The average molecular weight is 474 g/mol. The summed E-state index contributed by atoms with van der Waals surface area (Å²) in [5, 5.41) is -0.0546. The zero-order chi connectivity index (χ0) is 22.6. The van der Waals surface area contributed by atoms with Crippen molar-refractivity contribution in [2.45, 2.75) is 24.7 Å². The third-order valence-electron chi connectivity index (χ3n) is 5.02. The zero-order valence-corrected chi connectivity index (χ0v) is 17.0. The number of benzene rings is 1. The second-order valence-corrected chi connectivity index (χ2v) is 7.87. The van der Waals surface area contributed by atoms with E-state index in [0.29, 0.717) is 5.56 Å². The lowest BCUT2D eigenvalue weighted by Gasteiger charge is -2.27. The van der Waals surface area contributed by atoms with E-state index in [4.69, 9.17) is 23.2 Å². The molecule has 1 atom stereocenters. The molecule has 4 rings (SSSR count). The molecule has 2 aromatic rings. The van der Waals surface area contributed by atoms with Gasteiger partial charge in [0.2, 0.25) is 0 Å². The smallest absolute Gasteiger partial charge is 0.406 e. The quantitative estimate of drug-likeness (QED) is 0.495. The summed E-state index contributed by atoms with van der Waals surface area (Å²) in [7, 11) is 0. The van der Waals surface area contributed by atoms with Crippen LogP contribution in [-0.4, -0.2) is 46.1 Å². The van der Waals surface area contributed by atoms with Crippen LogP contribution >= 0.6 is 23.2 Å². The molecule has 31 heavy (non-hydrogen) atoms. The lowest BCUT2D eigenvalue weighted by Crippen LogP contribution is -2.47. The van der Waals surface area contributed by atoms with E-state index in [-0.39, 0.29) is 41.2 Å². The number of rotatable bonds is 4. The van der Waals surface area contributed by atoms with Gasteiger partial charge in [0.05, 0.1) is 12.2 Å². The van der Waals surface area contributed by atoms with Gasteiger partial charge in [0.15, 0.2) is 5.78 Å². The minimum absolute atomic E-state index is 0.0273. The number of nitrogens with zero attached hydrogens (tertiary/aromatic N) is 3. The number of hydrogen-bond donors (Lipinski definition) is 0. The molecule has 2 fully saturated rings. The highest BCUT2D eigenvalue weighted by molar-refractivity contribution is 6.34. The van der Waals surface area contributed by atoms with Crippen LogP contribution in [-0.2, 0) is 16.0 Å². The predicted molar refractivity (Wildman–Crippen MR) is 103 cm³/mol. The maximum Gasteiger partial charge on any atom is 0.573 e. The normalized spacial score (nSPS) is 21.1. The average Bonchev–Trinajstić information content (AvgIpc) is 3.07. The minimum Gasteiger partial charge on any atom is -0.406 e. The van der Waals surface area contributed by atoms with Crippen molar-refractivity contribution < 1.29 is 32.3 Å². The summed E-state index contributed by atoms with van der Waals surface area (Å²) in [6.45, 7) is -0.261. The molecule has 1 aromatic heterocycles. The van der Waals surface area contributed by atoms with Crippen LogP contribution in [0.25, 0.3) is 0 Å². The van der Waals surface area contributed by atoms with Gasteiger partial charge in [0.1, 0.15) is 21.6 Å². The topological polar surface area (TPSA) is 79.8 Å². The fourth-order valence-corrected chi connectivity index (χ4v) is 4.30. The van der Waals surface area contributed by atoms with Gasteiger partial charge >= 0.3 is 12.4 Å². The highest BCUT2D eigenvalue weighted by Gasteiger charge is 2.62. The van der Waals surface area contributed by atoms with Gasteiger partial charge < -0.3 is 9.64 Å². The van der Waals surface area contributed by atoms with E-state index in [9.17, 15) is 27.6 Å². The van der Waals surface area contributed by atoms with Crippen LogP contribution in [0.5, 0.6) is 5.75 Å². The first kappa shape index (κ1) is 21.4. The predicted octanol–water partition coefficient (Wildman–Crippen LogP) is 4.01. The number of carbonyl (C=O) groups is 3. The van der Waals surface area contributed by atoms with Gasteiger partial charge in [-0.05, 0) is 29.8 Å². The third kappa shape index (κ3) is 3.92. The van der Waals surface area contributed by atoms with Crippen LogP contribution in [0.4, 0.5) is 23.7 Å². The number of ketones is 1. The SMILES string of the molecule is O=C1CN2C(=O)N(c3cc(Cl)nc(Cl)c3)C(=O)C2(Cc2ccc(OC(F)(F)F)cc2)C1. The molecule has 7 nitrogen and oxygen atoms in total. The number of halogens is 5. The zero-order valence-electron chi connectivity index (χ0n) is 15.4. The van der Waals surface area contributed by atoms with Crippen LogP contribution in [0.15, 0.2) is 36.4 Å². The summed E-state index contributed by atoms with van der Waals surface area (Å²) in [4.78, 5) is 44.4. The van der Waals surface area contributed by atoms with E-state index < -0.39 is 29.6 Å². The Labute approximate surface area is 183 Å². The highest BCUT2D eigenvalue weighted by Crippen LogP contribution is 2.41. The number of amides is 3. The van der Waals surface area contributed by atoms with Crippen molar-refractivity contribution in [1.82, 2.24) is 9.88 Å². The molecule has 2 aliphatic heterocycles. The minimum atomic E-state index is -4.84. The van der Waals surface area contributed by atoms with Gasteiger partial charge in [0, 0.05) is 12.8 Å². The van der Waals surface area contributed by atoms with Crippen molar-refractivity contribution >= 4 is 46.6 Å². The second-order valence-electron chi connectivity index (χ2n) is 7.10. The third-order valence-corrected chi connectivity index (χ3v) is 5.41. The first-order chi connectivity index (χ1) is 14.5. The Morgan fingerprint density at radius 3 is 2.26 bits per heavy atom. The van der Waals surface area contributed by atoms with Crippen LogP contribution in [0, 0.1) is 0 Å². The Kier molecular flexibility index (Phi) is 5.09. The number of fused-ring (bicyclic) bond motifs is 1. The van der Waals surface area contributed by atoms with Crippen LogP contribution in [0.2, 0.25) is 10.3 Å². The number of carbonyl (C=O) groups excluding carboxylic acids is 3. The number of hydrogen-bond acceptors (Lipinski definition) is 5. The van der Waals surface area contributed by atoms with Crippen molar-refractivity contribution in [2.24, 2.45) is 0 Å². The molecule has 12 heteroatoms. The molecule has 0 spiro atoms. The van der Waals surface area contributed by atoms with Gasteiger partial charge in [-0.3, -0.25) is 9.59 Å². The summed E-state index contributed by atoms with van der Waals surface area (Å²) in [5.74, 6) is -1.38. The molecule has 3 heterocycles. The highest BCUT2D eigenvalue weighted by atomic mass is 35.5. The molecule has 0 radical (unpaired) electrons. The fourth-order valence-electron chi connectivity index (χ4n) is 3.85. The Bertz CT molecular complexity index is 1070. The number of ether oxygens (including phenoxy) is 1. The Hall–Kier alpha value is -2.85. The number of aromatic nitrogens is 1. The van der Waals surface area contributed by atoms with E-state index in [1.54, 1.807) is 0 Å². The number of Topliss-reactive ketones (excluding diaryl/α,β-unsaturated/α-hetero) is 1. The van der Waals surface area contributed by atoms with E-state index in [1.165, 1.54) is 29.2 Å². The molecule has 0 bridgehead atoms. The monoisotopic (exact) mass is 473 g/mol. The van der Waals surface area contributed by atoms with Gasteiger partial charge in [0.25, 0.3) is 5.91 Å². The van der Waals surface area contributed by atoms with Crippen molar-refractivity contribution in [3.63, 3.8) is 0 Å². The molecule has 2 saturated heterocycles. The lowest BCUT2D eigenvalue weighted by atomic mass is 9.87. The standard InChI is InChI=1S/C19H12Cl2F3N3O4/c20-14-5-11(6-15(21)25-14)27-16(29)18(8-12(28)9-26(18)17(27)30)7-10-1-3-13(4-2-10)31-19(22,23)24/h1-6H,7-9H2. The van der Waals surface area contributed by atoms with Crippen molar-refractivity contribution in [3.05, 3.63) is 52.3 Å². The van der Waals surface area contributed by atoms with Crippen molar-refractivity contribution in [2.75, 3.05) is 11.4 Å². The largest absolute Gasteiger partial charge is 0.573 e. The molecule has 0 aliphatic carbocycles. The summed E-state index contributed by atoms with van der Waals surface area (Å²) < 4.78 is 40.9. The van der Waals surface area contributed by atoms with Gasteiger partial charge in [-0.2, -0.15) is 0 Å². The number of alkyl halides is 3. The van der Waals surface area contributed by atoms with E-state index >= 15 is 0 Å². The maximum absolute atomic E-state index is 13.4.